The fourth-order valence-electron chi connectivity index (χ4n) is 2.48. The fourth-order valence-corrected chi connectivity index (χ4v) is 2.48. The zero-order chi connectivity index (χ0) is 15.4. The molecule has 0 saturated carbocycles. The first kappa shape index (κ1) is 14.2. The highest BCUT2D eigenvalue weighted by Crippen LogP contribution is 2.34. The summed E-state index contributed by atoms with van der Waals surface area (Å²) in [6.07, 6.45) is 1.86. The standard InChI is InChI=1S/C21H19N/c1-3-18-11-15-21(16-12-18)22(19-7-5-4-6-8-19)20-13-9-17(2)10-14-20/h3-16H,1H2,2H3. The zero-order valence-corrected chi connectivity index (χ0v) is 12.7. The minimum Gasteiger partial charge on any atom is -0.311 e. The minimum absolute atomic E-state index is 1.13. The van der Waals surface area contributed by atoms with Crippen molar-refractivity contribution in [1.82, 2.24) is 0 Å². The Bertz CT molecular complexity index is 740. The van der Waals surface area contributed by atoms with Gasteiger partial charge in [-0.2, -0.15) is 0 Å². The van der Waals surface area contributed by atoms with Crippen LogP contribution in [0.3, 0.4) is 0 Å². The Hall–Kier alpha value is -2.80. The molecule has 0 bridgehead atoms. The van der Waals surface area contributed by atoms with Gasteiger partial charge in [-0.3, -0.25) is 0 Å². The highest BCUT2D eigenvalue weighted by atomic mass is 15.1. The van der Waals surface area contributed by atoms with E-state index in [0.717, 1.165) is 22.6 Å². The van der Waals surface area contributed by atoms with Crippen molar-refractivity contribution in [3.8, 4) is 0 Å². The van der Waals surface area contributed by atoms with E-state index in [4.69, 9.17) is 0 Å². The second-order valence-corrected chi connectivity index (χ2v) is 5.30. The van der Waals surface area contributed by atoms with E-state index in [-0.39, 0.29) is 0 Å². The Morgan fingerprint density at radius 1 is 0.682 bits per heavy atom. The summed E-state index contributed by atoms with van der Waals surface area (Å²) in [6.45, 7) is 5.92. The Labute approximate surface area is 132 Å². The summed E-state index contributed by atoms with van der Waals surface area (Å²) in [7, 11) is 0. The van der Waals surface area contributed by atoms with Crippen molar-refractivity contribution < 1.29 is 0 Å². The molecular formula is C21H19N. The van der Waals surface area contributed by atoms with E-state index in [1.807, 2.05) is 12.1 Å². The first-order valence-corrected chi connectivity index (χ1v) is 7.42. The van der Waals surface area contributed by atoms with Crippen LogP contribution >= 0.6 is 0 Å². The lowest BCUT2D eigenvalue weighted by Crippen LogP contribution is -2.09. The number of nitrogens with zero attached hydrogens (tertiary/aromatic N) is 1. The molecule has 0 fully saturated rings. The highest BCUT2D eigenvalue weighted by Gasteiger charge is 2.11. The number of benzene rings is 3. The molecule has 0 radical (unpaired) electrons. The monoisotopic (exact) mass is 285 g/mol. The number of rotatable bonds is 4. The van der Waals surface area contributed by atoms with Crippen LogP contribution in [0.2, 0.25) is 0 Å². The van der Waals surface area contributed by atoms with Crippen LogP contribution < -0.4 is 4.90 Å². The van der Waals surface area contributed by atoms with Crippen LogP contribution in [0.1, 0.15) is 11.1 Å². The molecule has 22 heavy (non-hydrogen) atoms. The van der Waals surface area contributed by atoms with E-state index in [2.05, 4.69) is 91.2 Å². The fraction of sp³-hybridized carbons (Fsp3) is 0.0476. The molecule has 0 unspecified atom stereocenters. The molecule has 3 rings (SSSR count). The van der Waals surface area contributed by atoms with Crippen molar-refractivity contribution in [3.05, 3.63) is 96.6 Å². The van der Waals surface area contributed by atoms with Gasteiger partial charge in [0.25, 0.3) is 0 Å². The van der Waals surface area contributed by atoms with Gasteiger partial charge in [0.1, 0.15) is 0 Å². The molecule has 0 spiro atoms. The molecule has 0 heterocycles. The van der Waals surface area contributed by atoms with Gasteiger partial charge < -0.3 is 4.90 Å². The maximum Gasteiger partial charge on any atom is 0.0462 e. The van der Waals surface area contributed by atoms with E-state index >= 15 is 0 Å². The van der Waals surface area contributed by atoms with E-state index in [0.29, 0.717) is 0 Å². The molecule has 108 valence electrons. The maximum atomic E-state index is 3.82. The SMILES string of the molecule is C=Cc1ccc(N(c2ccccc2)c2ccc(C)cc2)cc1. The molecule has 0 amide bonds. The van der Waals surface area contributed by atoms with Crippen molar-refractivity contribution in [2.45, 2.75) is 6.92 Å². The summed E-state index contributed by atoms with van der Waals surface area (Å²) >= 11 is 0. The number of anilines is 3. The predicted octanol–water partition coefficient (Wildman–Crippen LogP) is 6.11. The molecule has 0 aliphatic heterocycles. The third-order valence-corrected chi connectivity index (χ3v) is 3.69. The minimum atomic E-state index is 1.13. The summed E-state index contributed by atoms with van der Waals surface area (Å²) in [5.74, 6) is 0. The topological polar surface area (TPSA) is 3.24 Å². The average Bonchev–Trinajstić information content (AvgIpc) is 2.58. The van der Waals surface area contributed by atoms with Crippen LogP contribution in [0.5, 0.6) is 0 Å². The van der Waals surface area contributed by atoms with Crippen LogP contribution in [-0.2, 0) is 0 Å². The lowest BCUT2D eigenvalue weighted by Gasteiger charge is -2.25. The second kappa shape index (κ2) is 6.31. The van der Waals surface area contributed by atoms with E-state index in [9.17, 15) is 0 Å². The van der Waals surface area contributed by atoms with E-state index in [1.54, 1.807) is 0 Å². The second-order valence-electron chi connectivity index (χ2n) is 5.30. The van der Waals surface area contributed by atoms with Crippen LogP contribution in [0.4, 0.5) is 17.1 Å². The summed E-state index contributed by atoms with van der Waals surface area (Å²) in [5.41, 5.74) is 5.83. The predicted molar refractivity (Wildman–Crippen MR) is 96.0 cm³/mol. The van der Waals surface area contributed by atoms with Crippen molar-refractivity contribution in [1.29, 1.82) is 0 Å². The lowest BCUT2D eigenvalue weighted by atomic mass is 10.1. The largest absolute Gasteiger partial charge is 0.311 e. The van der Waals surface area contributed by atoms with Crippen LogP contribution in [0.15, 0.2) is 85.4 Å². The van der Waals surface area contributed by atoms with Crippen molar-refractivity contribution in [2.24, 2.45) is 0 Å². The van der Waals surface area contributed by atoms with Crippen molar-refractivity contribution in [2.75, 3.05) is 4.90 Å². The molecule has 0 saturated heterocycles. The summed E-state index contributed by atoms with van der Waals surface area (Å²) < 4.78 is 0. The van der Waals surface area contributed by atoms with Crippen LogP contribution in [0, 0.1) is 6.92 Å². The maximum absolute atomic E-state index is 3.82. The number of hydrogen-bond donors (Lipinski definition) is 0. The molecule has 0 aromatic heterocycles. The van der Waals surface area contributed by atoms with Gasteiger partial charge in [-0.1, -0.05) is 60.7 Å². The molecule has 0 N–H and O–H groups in total. The summed E-state index contributed by atoms with van der Waals surface area (Å²) in [6, 6.07) is 27.5. The third-order valence-electron chi connectivity index (χ3n) is 3.69. The van der Waals surface area contributed by atoms with Gasteiger partial charge in [0.2, 0.25) is 0 Å². The Morgan fingerprint density at radius 3 is 1.73 bits per heavy atom. The van der Waals surface area contributed by atoms with Gasteiger partial charge in [-0.05, 0) is 48.9 Å². The van der Waals surface area contributed by atoms with Gasteiger partial charge in [-0.25, -0.2) is 0 Å². The van der Waals surface area contributed by atoms with Crippen molar-refractivity contribution >= 4 is 23.1 Å². The first-order valence-electron chi connectivity index (χ1n) is 7.42. The van der Waals surface area contributed by atoms with E-state index < -0.39 is 0 Å². The smallest absolute Gasteiger partial charge is 0.0462 e. The van der Waals surface area contributed by atoms with E-state index in [1.165, 1.54) is 5.56 Å². The Kier molecular flexibility index (Phi) is 4.06. The number of hydrogen-bond acceptors (Lipinski definition) is 1. The highest BCUT2D eigenvalue weighted by molar-refractivity contribution is 5.76. The Balaban J connectivity index is 2.09. The van der Waals surface area contributed by atoms with Crippen LogP contribution in [0.25, 0.3) is 6.08 Å². The molecule has 0 aliphatic carbocycles. The molecule has 0 aliphatic rings. The molecule has 1 nitrogen and oxygen atoms in total. The molecule has 1 heteroatoms. The number of aryl methyl sites for hydroxylation is 1. The molecule has 3 aromatic rings. The lowest BCUT2D eigenvalue weighted by molar-refractivity contribution is 1.27. The van der Waals surface area contributed by atoms with Gasteiger partial charge in [-0.15, -0.1) is 0 Å². The summed E-state index contributed by atoms with van der Waals surface area (Å²) in [4.78, 5) is 2.26. The zero-order valence-electron chi connectivity index (χ0n) is 12.7. The first-order chi connectivity index (χ1) is 10.8. The normalized spacial score (nSPS) is 10.2. The third kappa shape index (κ3) is 2.94. The average molecular weight is 285 g/mol. The quantitative estimate of drug-likeness (QED) is 0.559. The number of para-hydroxylation sites is 1. The van der Waals surface area contributed by atoms with Gasteiger partial charge in [0, 0.05) is 17.1 Å². The van der Waals surface area contributed by atoms with Gasteiger partial charge in [0.15, 0.2) is 0 Å². The van der Waals surface area contributed by atoms with Gasteiger partial charge in [0.05, 0.1) is 0 Å². The Morgan fingerprint density at radius 2 is 1.18 bits per heavy atom. The summed E-state index contributed by atoms with van der Waals surface area (Å²) in [5, 5.41) is 0. The van der Waals surface area contributed by atoms with Crippen molar-refractivity contribution in [3.63, 3.8) is 0 Å². The molecular weight excluding hydrogens is 266 g/mol. The molecule has 0 atom stereocenters. The van der Waals surface area contributed by atoms with Crippen LogP contribution in [-0.4, -0.2) is 0 Å². The van der Waals surface area contributed by atoms with Gasteiger partial charge >= 0.3 is 0 Å². The molecule has 3 aromatic carbocycles.